The fourth-order valence-electron chi connectivity index (χ4n) is 2.56. The maximum Gasteiger partial charge on any atom is 0.325 e. The van der Waals surface area contributed by atoms with Gasteiger partial charge in [-0.05, 0) is 6.92 Å². The Balaban J connectivity index is 2.56. The summed E-state index contributed by atoms with van der Waals surface area (Å²) in [6.45, 7) is 8.02. The Labute approximate surface area is 152 Å². The Kier molecular flexibility index (Phi) is 7.62. The van der Waals surface area contributed by atoms with Crippen molar-refractivity contribution in [2.24, 2.45) is 23.7 Å². The number of aliphatic hydroxyl groups is 1. The Morgan fingerprint density at radius 1 is 1.12 bits per heavy atom. The maximum atomic E-state index is 12.1. The molecule has 1 saturated heterocycles. The minimum Gasteiger partial charge on any atom is -0.462 e. The van der Waals surface area contributed by atoms with Crippen LogP contribution in [0.4, 0.5) is 0 Å². The summed E-state index contributed by atoms with van der Waals surface area (Å²) in [6.07, 6.45) is -2.44. The summed E-state index contributed by atoms with van der Waals surface area (Å²) in [4.78, 5) is 58.5. The molecular weight excluding hydrogens is 344 g/mol. The number of cyclic esters (lactones) is 2. The molecule has 5 atom stereocenters. The van der Waals surface area contributed by atoms with Crippen LogP contribution in [-0.2, 0) is 33.4 Å². The lowest BCUT2D eigenvalue weighted by Gasteiger charge is -2.25. The van der Waals surface area contributed by atoms with Crippen molar-refractivity contribution in [3.8, 4) is 0 Å². The molecule has 1 fully saturated rings. The van der Waals surface area contributed by atoms with Gasteiger partial charge in [-0.2, -0.15) is 0 Å². The molecule has 0 aliphatic carbocycles. The van der Waals surface area contributed by atoms with Crippen molar-refractivity contribution in [1.29, 1.82) is 0 Å². The van der Waals surface area contributed by atoms with E-state index in [4.69, 9.17) is 4.74 Å². The Bertz CT molecular complexity index is 594. The lowest BCUT2D eigenvalue weighted by atomic mass is 9.91. The largest absolute Gasteiger partial charge is 0.462 e. The van der Waals surface area contributed by atoms with Gasteiger partial charge < -0.3 is 14.6 Å². The van der Waals surface area contributed by atoms with E-state index < -0.39 is 60.1 Å². The van der Waals surface area contributed by atoms with E-state index in [-0.39, 0.29) is 18.1 Å². The summed E-state index contributed by atoms with van der Waals surface area (Å²) < 4.78 is 9.51. The summed E-state index contributed by atoms with van der Waals surface area (Å²) in [5, 5.41) is 10.1. The molecule has 1 rings (SSSR count). The molecule has 8 nitrogen and oxygen atoms in total. The number of hydrogen-bond acceptors (Lipinski definition) is 8. The summed E-state index contributed by atoms with van der Waals surface area (Å²) in [7, 11) is 0. The van der Waals surface area contributed by atoms with Crippen LogP contribution in [-0.4, -0.2) is 46.8 Å². The zero-order chi connectivity index (χ0) is 20.2. The first-order chi connectivity index (χ1) is 12.0. The molecule has 1 heterocycles. The molecule has 0 radical (unpaired) electrons. The monoisotopic (exact) mass is 370 g/mol. The van der Waals surface area contributed by atoms with Crippen molar-refractivity contribution < 1.29 is 38.6 Å². The van der Waals surface area contributed by atoms with Gasteiger partial charge in [-0.15, -0.1) is 0 Å². The molecule has 146 valence electrons. The number of ether oxygens (including phenoxy) is 2. The lowest BCUT2D eigenvalue weighted by molar-refractivity contribution is -0.155. The molecule has 0 aromatic heterocycles. The summed E-state index contributed by atoms with van der Waals surface area (Å²) in [6, 6.07) is 0. The van der Waals surface area contributed by atoms with Crippen LogP contribution in [0.5, 0.6) is 0 Å². The van der Waals surface area contributed by atoms with Crippen molar-refractivity contribution >= 4 is 29.5 Å². The predicted octanol–water partition coefficient (Wildman–Crippen LogP) is 0.825. The van der Waals surface area contributed by atoms with E-state index in [1.807, 2.05) is 0 Å². The van der Waals surface area contributed by atoms with E-state index in [9.17, 15) is 29.1 Å². The number of carbonyl (C=O) groups excluding carboxylic acids is 5. The van der Waals surface area contributed by atoms with Gasteiger partial charge in [0.05, 0.1) is 12.0 Å². The van der Waals surface area contributed by atoms with Crippen LogP contribution in [0.15, 0.2) is 0 Å². The van der Waals surface area contributed by atoms with Gasteiger partial charge in [0, 0.05) is 18.3 Å². The Morgan fingerprint density at radius 2 is 1.69 bits per heavy atom. The van der Waals surface area contributed by atoms with Gasteiger partial charge >= 0.3 is 17.9 Å². The van der Waals surface area contributed by atoms with E-state index in [0.717, 1.165) is 0 Å². The van der Waals surface area contributed by atoms with Crippen molar-refractivity contribution in [2.45, 2.75) is 59.7 Å². The Hall–Kier alpha value is -2.09. The number of rotatable bonds is 9. The highest BCUT2D eigenvalue weighted by Crippen LogP contribution is 2.25. The van der Waals surface area contributed by atoms with E-state index in [1.54, 1.807) is 27.7 Å². The van der Waals surface area contributed by atoms with Crippen LogP contribution in [0, 0.1) is 23.7 Å². The van der Waals surface area contributed by atoms with E-state index >= 15 is 0 Å². The first-order valence-electron chi connectivity index (χ1n) is 8.64. The van der Waals surface area contributed by atoms with Crippen LogP contribution in [0.1, 0.15) is 47.5 Å². The van der Waals surface area contributed by atoms with Crippen LogP contribution >= 0.6 is 0 Å². The minimum absolute atomic E-state index is 0.0484. The second kappa shape index (κ2) is 9.02. The second-order valence-corrected chi connectivity index (χ2v) is 7.10. The first kappa shape index (κ1) is 22.0. The van der Waals surface area contributed by atoms with Gasteiger partial charge in [0.15, 0.2) is 5.78 Å². The highest BCUT2D eigenvalue weighted by Gasteiger charge is 2.46. The van der Waals surface area contributed by atoms with E-state index in [1.165, 1.54) is 6.92 Å². The third-order valence-electron chi connectivity index (χ3n) is 4.71. The van der Waals surface area contributed by atoms with Gasteiger partial charge in [-0.25, -0.2) is 0 Å². The molecule has 8 heteroatoms. The third kappa shape index (κ3) is 5.45. The van der Waals surface area contributed by atoms with Crippen LogP contribution in [0.25, 0.3) is 0 Å². The average molecular weight is 370 g/mol. The smallest absolute Gasteiger partial charge is 0.325 e. The Morgan fingerprint density at radius 3 is 2.15 bits per heavy atom. The van der Waals surface area contributed by atoms with Crippen molar-refractivity contribution in [2.75, 3.05) is 0 Å². The summed E-state index contributed by atoms with van der Waals surface area (Å²) in [5.41, 5.74) is 0. The average Bonchev–Trinajstić information content (AvgIpc) is 2.78. The van der Waals surface area contributed by atoms with Gasteiger partial charge in [-0.3, -0.25) is 24.0 Å². The van der Waals surface area contributed by atoms with Crippen LogP contribution in [0.3, 0.4) is 0 Å². The number of esters is 3. The topological polar surface area (TPSA) is 124 Å². The minimum atomic E-state index is -1.29. The van der Waals surface area contributed by atoms with E-state index in [0.29, 0.717) is 0 Å². The molecule has 0 saturated carbocycles. The van der Waals surface area contributed by atoms with E-state index in [2.05, 4.69) is 4.74 Å². The molecule has 0 spiro atoms. The normalized spacial score (nSPS) is 23.3. The maximum absolute atomic E-state index is 12.1. The first-order valence-corrected chi connectivity index (χ1v) is 8.64. The SMILES string of the molecule is CC(C)C(=O)C[C@@H](O)[C@H](C)[C@@H](C)OC(=O)CC(=O)C1C(=O)OC(=O)C1C. The standard InChI is InChI=1S/C18H26O8/c1-8(2)12(19)6-13(20)9(3)11(5)25-15(22)7-14(21)16-10(4)17(23)26-18(16)24/h8-11,13,16,20H,6-7H2,1-5H3/t9-,10?,11-,13-,16?/m1/s1. The fourth-order valence-corrected chi connectivity index (χ4v) is 2.56. The third-order valence-corrected chi connectivity index (χ3v) is 4.71. The van der Waals surface area contributed by atoms with Gasteiger partial charge in [0.25, 0.3) is 0 Å². The quantitative estimate of drug-likeness (QED) is 0.467. The molecule has 1 N–H and O–H groups in total. The van der Waals surface area contributed by atoms with Crippen molar-refractivity contribution in [1.82, 2.24) is 0 Å². The molecular formula is C18H26O8. The molecule has 0 aromatic carbocycles. The fraction of sp³-hybridized carbons (Fsp3) is 0.722. The van der Waals surface area contributed by atoms with Crippen molar-refractivity contribution in [3.05, 3.63) is 0 Å². The summed E-state index contributed by atoms with van der Waals surface area (Å²) >= 11 is 0. The predicted molar refractivity (Wildman–Crippen MR) is 88.6 cm³/mol. The molecule has 0 bridgehead atoms. The number of hydrogen-bond donors (Lipinski definition) is 1. The molecule has 1 aliphatic rings. The highest BCUT2D eigenvalue weighted by molar-refractivity contribution is 6.13. The van der Waals surface area contributed by atoms with Crippen molar-refractivity contribution in [3.63, 3.8) is 0 Å². The van der Waals surface area contributed by atoms with Crippen LogP contribution < -0.4 is 0 Å². The number of ketones is 2. The molecule has 2 unspecified atom stereocenters. The number of aliphatic hydroxyl groups excluding tert-OH is 1. The highest BCUT2D eigenvalue weighted by atomic mass is 16.6. The molecule has 0 aromatic rings. The van der Waals surface area contributed by atoms with Gasteiger partial charge in [0.1, 0.15) is 24.2 Å². The summed E-state index contributed by atoms with van der Waals surface area (Å²) in [5.74, 6) is -6.40. The zero-order valence-electron chi connectivity index (χ0n) is 15.7. The zero-order valence-corrected chi connectivity index (χ0v) is 15.7. The van der Waals surface area contributed by atoms with Gasteiger partial charge in [0.2, 0.25) is 0 Å². The molecule has 1 aliphatic heterocycles. The second-order valence-electron chi connectivity index (χ2n) is 7.10. The number of carbonyl (C=O) groups is 5. The molecule has 26 heavy (non-hydrogen) atoms. The van der Waals surface area contributed by atoms with Crippen LogP contribution in [0.2, 0.25) is 0 Å². The molecule has 0 amide bonds. The number of Topliss-reactive ketones (excluding diaryl/α,β-unsaturated/α-hetero) is 2. The lowest BCUT2D eigenvalue weighted by Crippen LogP contribution is -2.34. The van der Waals surface area contributed by atoms with Gasteiger partial charge in [-0.1, -0.05) is 27.7 Å².